The number of carbonyl (C=O) groups is 3. The number of hydrogen-bond donors (Lipinski definition) is 0. The summed E-state index contributed by atoms with van der Waals surface area (Å²) >= 11 is 0. The molecule has 2 amide bonds. The van der Waals surface area contributed by atoms with Crippen LogP contribution in [-0.2, 0) is 9.59 Å². The van der Waals surface area contributed by atoms with Gasteiger partial charge in [0.25, 0.3) is 0 Å². The molecule has 2 bridgehead atoms. The van der Waals surface area contributed by atoms with Gasteiger partial charge in [-0.2, -0.15) is 0 Å². The number of aryl methyl sites for hydroxylation is 1. The number of esters is 1. The number of rotatable bonds is 3. The number of para-hydroxylation sites is 1. The van der Waals surface area contributed by atoms with Crippen molar-refractivity contribution in [3.05, 3.63) is 59.7 Å². The number of ether oxygens (including phenoxy) is 1. The van der Waals surface area contributed by atoms with Crippen molar-refractivity contribution in [1.29, 1.82) is 0 Å². The van der Waals surface area contributed by atoms with Gasteiger partial charge in [-0.25, -0.2) is 4.79 Å². The van der Waals surface area contributed by atoms with Crippen molar-refractivity contribution < 1.29 is 19.1 Å². The molecule has 2 saturated carbocycles. The number of amides is 2. The van der Waals surface area contributed by atoms with E-state index in [0.717, 1.165) is 24.8 Å². The van der Waals surface area contributed by atoms with Crippen LogP contribution in [0.1, 0.15) is 35.2 Å². The third-order valence-electron chi connectivity index (χ3n) is 6.58. The summed E-state index contributed by atoms with van der Waals surface area (Å²) in [4.78, 5) is 39.5. The van der Waals surface area contributed by atoms with Crippen LogP contribution in [0.25, 0.3) is 0 Å². The molecule has 142 valence electrons. The molecule has 5 rings (SSSR count). The first kappa shape index (κ1) is 17.2. The molecule has 3 aliphatic rings. The molecule has 28 heavy (non-hydrogen) atoms. The van der Waals surface area contributed by atoms with Crippen LogP contribution in [-0.4, -0.2) is 17.8 Å². The third-order valence-corrected chi connectivity index (χ3v) is 6.58. The Labute approximate surface area is 163 Å². The lowest BCUT2D eigenvalue weighted by Crippen LogP contribution is -2.32. The van der Waals surface area contributed by atoms with Crippen LogP contribution in [0, 0.1) is 30.6 Å². The number of nitrogens with zero attached hydrogens (tertiary/aromatic N) is 1. The number of anilines is 1. The molecule has 5 nitrogen and oxygen atoms in total. The number of carbonyl (C=O) groups excluding carboxylic acids is 3. The number of fused-ring (bicyclic) bond motifs is 5. The van der Waals surface area contributed by atoms with Gasteiger partial charge >= 0.3 is 5.97 Å². The Morgan fingerprint density at radius 2 is 1.54 bits per heavy atom. The van der Waals surface area contributed by atoms with Crippen LogP contribution >= 0.6 is 0 Å². The van der Waals surface area contributed by atoms with E-state index in [2.05, 4.69) is 0 Å². The second kappa shape index (κ2) is 6.30. The van der Waals surface area contributed by atoms with Gasteiger partial charge in [-0.15, -0.1) is 0 Å². The minimum absolute atomic E-state index is 0.0718. The molecular weight excluding hydrogens is 354 g/mol. The summed E-state index contributed by atoms with van der Waals surface area (Å²) in [5.41, 5.74) is 1.80. The highest BCUT2D eigenvalue weighted by molar-refractivity contribution is 6.22. The highest BCUT2D eigenvalue weighted by Gasteiger charge is 2.61. The maximum absolute atomic E-state index is 12.9. The number of imide groups is 1. The van der Waals surface area contributed by atoms with Gasteiger partial charge in [-0.05, 0) is 73.9 Å². The summed E-state index contributed by atoms with van der Waals surface area (Å²) in [5, 5.41) is 0. The van der Waals surface area contributed by atoms with Crippen LogP contribution in [0.5, 0.6) is 5.75 Å². The molecule has 1 aliphatic heterocycles. The van der Waals surface area contributed by atoms with E-state index in [1.165, 1.54) is 4.90 Å². The van der Waals surface area contributed by atoms with E-state index < -0.39 is 5.97 Å². The van der Waals surface area contributed by atoms with E-state index in [0.29, 0.717) is 28.8 Å². The van der Waals surface area contributed by atoms with E-state index in [4.69, 9.17) is 4.74 Å². The summed E-state index contributed by atoms with van der Waals surface area (Å²) in [6.07, 6.45) is 3.13. The summed E-state index contributed by atoms with van der Waals surface area (Å²) < 4.78 is 5.45. The lowest BCUT2D eigenvalue weighted by molar-refractivity contribution is -0.123. The fraction of sp³-hybridized carbons (Fsp3) is 0.348. The quantitative estimate of drug-likeness (QED) is 0.466. The lowest BCUT2D eigenvalue weighted by atomic mass is 9.81. The van der Waals surface area contributed by atoms with Gasteiger partial charge in [0, 0.05) is 0 Å². The molecule has 2 aromatic rings. The summed E-state index contributed by atoms with van der Waals surface area (Å²) in [7, 11) is 0. The fourth-order valence-electron chi connectivity index (χ4n) is 5.24. The van der Waals surface area contributed by atoms with Gasteiger partial charge in [0.15, 0.2) is 0 Å². The van der Waals surface area contributed by atoms with E-state index in [1.54, 1.807) is 30.3 Å². The maximum atomic E-state index is 12.9. The van der Waals surface area contributed by atoms with Gasteiger partial charge in [-0.1, -0.05) is 18.2 Å². The predicted molar refractivity (Wildman–Crippen MR) is 103 cm³/mol. The fourth-order valence-corrected chi connectivity index (χ4v) is 5.24. The Morgan fingerprint density at radius 1 is 0.929 bits per heavy atom. The molecule has 0 N–H and O–H groups in total. The highest BCUT2D eigenvalue weighted by Crippen LogP contribution is 2.56. The lowest BCUT2D eigenvalue weighted by Gasteiger charge is -2.19. The Bertz CT molecular complexity index is 952. The Kier molecular flexibility index (Phi) is 3.86. The van der Waals surface area contributed by atoms with Crippen LogP contribution in [0.4, 0.5) is 5.69 Å². The maximum Gasteiger partial charge on any atom is 0.343 e. The van der Waals surface area contributed by atoms with Crippen molar-refractivity contribution in [3.8, 4) is 5.75 Å². The second-order valence-electron chi connectivity index (χ2n) is 8.10. The molecule has 2 aromatic carbocycles. The minimum Gasteiger partial charge on any atom is -0.423 e. The molecule has 1 saturated heterocycles. The zero-order valence-corrected chi connectivity index (χ0v) is 15.6. The van der Waals surface area contributed by atoms with Gasteiger partial charge in [0.1, 0.15) is 5.75 Å². The first-order valence-corrected chi connectivity index (χ1v) is 9.80. The molecule has 0 radical (unpaired) electrons. The van der Waals surface area contributed by atoms with E-state index in [9.17, 15) is 14.4 Å². The van der Waals surface area contributed by atoms with Gasteiger partial charge in [-0.3, -0.25) is 14.5 Å². The summed E-state index contributed by atoms with van der Waals surface area (Å²) in [5.74, 6) is 0.350. The van der Waals surface area contributed by atoms with Crippen molar-refractivity contribution >= 4 is 23.5 Å². The summed E-state index contributed by atoms with van der Waals surface area (Å²) in [6, 6.07) is 13.9. The van der Waals surface area contributed by atoms with E-state index in [1.807, 2.05) is 25.1 Å². The van der Waals surface area contributed by atoms with Gasteiger partial charge in [0.2, 0.25) is 11.8 Å². The normalized spacial score (nSPS) is 28.0. The van der Waals surface area contributed by atoms with Crippen LogP contribution < -0.4 is 9.64 Å². The molecule has 0 spiro atoms. The first-order chi connectivity index (χ1) is 13.5. The molecule has 3 fully saturated rings. The minimum atomic E-state index is -0.463. The van der Waals surface area contributed by atoms with Gasteiger partial charge < -0.3 is 4.74 Å². The van der Waals surface area contributed by atoms with Crippen molar-refractivity contribution in [1.82, 2.24) is 0 Å². The zero-order valence-electron chi connectivity index (χ0n) is 15.6. The Hall–Kier alpha value is -2.95. The van der Waals surface area contributed by atoms with E-state index >= 15 is 0 Å². The molecule has 0 aromatic heterocycles. The van der Waals surface area contributed by atoms with Crippen molar-refractivity contribution in [3.63, 3.8) is 0 Å². The molecule has 4 unspecified atom stereocenters. The van der Waals surface area contributed by atoms with Crippen molar-refractivity contribution in [2.24, 2.45) is 23.7 Å². The third kappa shape index (κ3) is 2.49. The van der Waals surface area contributed by atoms with Crippen LogP contribution in [0.15, 0.2) is 48.5 Å². The molecule has 1 heterocycles. The Morgan fingerprint density at radius 3 is 2.14 bits per heavy atom. The summed E-state index contributed by atoms with van der Waals surface area (Å²) in [6.45, 7) is 1.88. The van der Waals surface area contributed by atoms with Crippen LogP contribution in [0.3, 0.4) is 0 Å². The largest absolute Gasteiger partial charge is 0.423 e. The Balaban J connectivity index is 1.36. The zero-order chi connectivity index (χ0) is 19.4. The second-order valence-corrected chi connectivity index (χ2v) is 8.10. The molecule has 2 aliphatic carbocycles. The molecular formula is C23H21NO4. The standard InChI is InChI=1S/C23H21NO4/c1-13-4-2-3-5-18(13)28-23(27)14-8-10-17(11-9-14)24-21(25)19-15-6-7-16(12-15)20(19)22(24)26/h2-5,8-11,15-16,19-20H,6-7,12H2,1H3. The van der Waals surface area contributed by atoms with Crippen molar-refractivity contribution in [2.45, 2.75) is 26.2 Å². The topological polar surface area (TPSA) is 63.7 Å². The predicted octanol–water partition coefficient (Wildman–Crippen LogP) is 3.75. The average molecular weight is 375 g/mol. The first-order valence-electron chi connectivity index (χ1n) is 9.80. The molecule has 4 atom stereocenters. The number of benzene rings is 2. The highest BCUT2D eigenvalue weighted by atomic mass is 16.5. The van der Waals surface area contributed by atoms with E-state index in [-0.39, 0.29) is 23.7 Å². The SMILES string of the molecule is Cc1ccccc1OC(=O)c1ccc(N2C(=O)C3C4CCC(C4)C3C2=O)cc1. The monoisotopic (exact) mass is 375 g/mol. The molecule has 5 heteroatoms. The van der Waals surface area contributed by atoms with Gasteiger partial charge in [0.05, 0.1) is 23.1 Å². The number of hydrogen-bond acceptors (Lipinski definition) is 4. The van der Waals surface area contributed by atoms with Crippen LogP contribution in [0.2, 0.25) is 0 Å². The van der Waals surface area contributed by atoms with Crippen molar-refractivity contribution in [2.75, 3.05) is 4.90 Å². The average Bonchev–Trinajstić information content (AvgIpc) is 3.38. The smallest absolute Gasteiger partial charge is 0.343 e.